The molecular formula is C26H25ClN2O4S. The van der Waals surface area contributed by atoms with Crippen molar-refractivity contribution in [1.82, 2.24) is 10.6 Å². The molecule has 0 aromatic heterocycles. The van der Waals surface area contributed by atoms with Crippen LogP contribution in [0.15, 0.2) is 65.6 Å². The van der Waals surface area contributed by atoms with Gasteiger partial charge in [0.2, 0.25) is 5.91 Å². The second-order valence-corrected chi connectivity index (χ2v) is 8.84. The number of thioether (sulfide) groups is 1. The number of rotatable bonds is 10. The van der Waals surface area contributed by atoms with Crippen molar-refractivity contribution >= 4 is 57.6 Å². The standard InChI is InChI=1S/C26H25ClN2O4S/c1-28-26(32)34-21(17-30)15-19-10-13-24(23-6-3-2-5-22(19)23)33-14-4-7-25(31)29-16-18-8-11-20(27)12-9-18/h2-3,5-6,8-13,15,17H,4,7,14,16H2,1H3,(H,28,32)(H,29,31)/b21-15-. The molecule has 0 atom stereocenters. The van der Waals surface area contributed by atoms with Gasteiger partial charge in [0.1, 0.15) is 5.75 Å². The molecule has 3 aromatic carbocycles. The van der Waals surface area contributed by atoms with Crippen LogP contribution in [0, 0.1) is 0 Å². The summed E-state index contributed by atoms with van der Waals surface area (Å²) in [4.78, 5) is 35.4. The summed E-state index contributed by atoms with van der Waals surface area (Å²) in [5, 5.41) is 7.53. The maximum Gasteiger partial charge on any atom is 0.283 e. The normalized spacial score (nSPS) is 11.2. The van der Waals surface area contributed by atoms with Gasteiger partial charge in [0.15, 0.2) is 6.29 Å². The van der Waals surface area contributed by atoms with Gasteiger partial charge in [0, 0.05) is 30.4 Å². The zero-order valence-electron chi connectivity index (χ0n) is 18.7. The van der Waals surface area contributed by atoms with E-state index in [1.807, 2.05) is 48.5 Å². The molecule has 176 valence electrons. The van der Waals surface area contributed by atoms with E-state index in [-0.39, 0.29) is 11.1 Å². The number of amides is 2. The molecule has 0 bridgehead atoms. The molecule has 0 heterocycles. The van der Waals surface area contributed by atoms with Crippen LogP contribution in [0.3, 0.4) is 0 Å². The first kappa shape index (κ1) is 25.3. The lowest BCUT2D eigenvalue weighted by Crippen LogP contribution is -2.22. The van der Waals surface area contributed by atoms with Gasteiger partial charge in [-0.2, -0.15) is 0 Å². The van der Waals surface area contributed by atoms with Gasteiger partial charge in [-0.05, 0) is 59.0 Å². The summed E-state index contributed by atoms with van der Waals surface area (Å²) in [6.45, 7) is 0.844. The molecule has 0 aliphatic rings. The number of hydrogen-bond acceptors (Lipinski definition) is 5. The fourth-order valence-electron chi connectivity index (χ4n) is 3.25. The smallest absolute Gasteiger partial charge is 0.283 e. The average Bonchev–Trinajstić information content (AvgIpc) is 2.86. The summed E-state index contributed by atoms with van der Waals surface area (Å²) in [7, 11) is 1.52. The van der Waals surface area contributed by atoms with E-state index in [0.717, 1.165) is 33.7 Å². The van der Waals surface area contributed by atoms with Crippen molar-refractivity contribution in [2.45, 2.75) is 19.4 Å². The minimum atomic E-state index is -0.306. The number of fused-ring (bicyclic) bond motifs is 1. The van der Waals surface area contributed by atoms with Crippen LogP contribution in [0.2, 0.25) is 5.02 Å². The molecule has 0 saturated heterocycles. The fraction of sp³-hybridized carbons (Fsp3) is 0.192. The summed E-state index contributed by atoms with van der Waals surface area (Å²) in [5.74, 6) is 0.653. The van der Waals surface area contributed by atoms with Crippen molar-refractivity contribution in [2.24, 2.45) is 0 Å². The summed E-state index contributed by atoms with van der Waals surface area (Å²) in [5.41, 5.74) is 1.80. The zero-order valence-corrected chi connectivity index (χ0v) is 20.2. The Morgan fingerprint density at radius 3 is 2.47 bits per heavy atom. The molecule has 8 heteroatoms. The van der Waals surface area contributed by atoms with Crippen LogP contribution in [0.1, 0.15) is 24.0 Å². The number of halogens is 1. The molecule has 0 aliphatic heterocycles. The van der Waals surface area contributed by atoms with Gasteiger partial charge in [-0.3, -0.25) is 14.4 Å². The Bertz CT molecular complexity index is 1200. The van der Waals surface area contributed by atoms with Crippen molar-refractivity contribution in [1.29, 1.82) is 0 Å². The van der Waals surface area contributed by atoms with Gasteiger partial charge in [-0.1, -0.05) is 54.1 Å². The third-order valence-corrected chi connectivity index (χ3v) is 6.05. The molecule has 0 radical (unpaired) electrons. The monoisotopic (exact) mass is 496 g/mol. The third-order valence-electron chi connectivity index (χ3n) is 4.96. The van der Waals surface area contributed by atoms with Gasteiger partial charge in [-0.15, -0.1) is 0 Å². The van der Waals surface area contributed by atoms with E-state index in [1.165, 1.54) is 7.05 Å². The molecule has 3 aromatic rings. The molecule has 3 rings (SSSR count). The second-order valence-electron chi connectivity index (χ2n) is 7.36. The SMILES string of the molecule is CNC(=O)S/C(C=O)=C\c1ccc(OCCCC(=O)NCc2ccc(Cl)cc2)c2ccccc12. The fourth-order valence-corrected chi connectivity index (χ4v) is 3.93. The van der Waals surface area contributed by atoms with Crippen molar-refractivity contribution in [3.05, 3.63) is 81.7 Å². The highest BCUT2D eigenvalue weighted by atomic mass is 35.5. The van der Waals surface area contributed by atoms with Crippen LogP contribution in [0.4, 0.5) is 4.79 Å². The quantitative estimate of drug-likeness (QED) is 0.217. The van der Waals surface area contributed by atoms with Gasteiger partial charge in [0.25, 0.3) is 5.24 Å². The Morgan fingerprint density at radius 2 is 1.76 bits per heavy atom. The summed E-state index contributed by atoms with van der Waals surface area (Å²) in [6, 6.07) is 18.7. The molecule has 0 saturated carbocycles. The molecule has 0 unspecified atom stereocenters. The van der Waals surface area contributed by atoms with Crippen LogP contribution in [-0.4, -0.2) is 31.1 Å². The van der Waals surface area contributed by atoms with Crippen molar-refractivity contribution in [3.8, 4) is 5.75 Å². The van der Waals surface area contributed by atoms with Crippen molar-refractivity contribution < 1.29 is 19.1 Å². The largest absolute Gasteiger partial charge is 0.493 e. The van der Waals surface area contributed by atoms with E-state index in [1.54, 1.807) is 18.2 Å². The van der Waals surface area contributed by atoms with Crippen LogP contribution in [0.5, 0.6) is 5.75 Å². The molecule has 0 spiro atoms. The molecule has 0 aliphatic carbocycles. The Balaban J connectivity index is 1.58. The van der Waals surface area contributed by atoms with E-state index in [2.05, 4.69) is 10.6 Å². The summed E-state index contributed by atoms with van der Waals surface area (Å²) in [6.07, 6.45) is 3.27. The molecule has 0 fully saturated rings. The van der Waals surface area contributed by atoms with Crippen LogP contribution >= 0.6 is 23.4 Å². The number of carbonyl (C=O) groups is 3. The number of ether oxygens (including phenoxy) is 1. The van der Waals surface area contributed by atoms with Crippen LogP contribution in [-0.2, 0) is 16.1 Å². The highest BCUT2D eigenvalue weighted by molar-refractivity contribution is 8.17. The number of benzene rings is 3. The summed E-state index contributed by atoms with van der Waals surface area (Å²) >= 11 is 6.72. The van der Waals surface area contributed by atoms with E-state index in [9.17, 15) is 14.4 Å². The Morgan fingerprint density at radius 1 is 1.03 bits per heavy atom. The first-order chi connectivity index (χ1) is 16.5. The van der Waals surface area contributed by atoms with Crippen LogP contribution < -0.4 is 15.4 Å². The maximum atomic E-state index is 12.1. The molecule has 2 N–H and O–H groups in total. The first-order valence-electron chi connectivity index (χ1n) is 10.7. The third kappa shape index (κ3) is 7.37. The zero-order chi connectivity index (χ0) is 24.3. The molecule has 6 nitrogen and oxygen atoms in total. The van der Waals surface area contributed by atoms with E-state index < -0.39 is 0 Å². The Hall–Kier alpha value is -3.29. The second kappa shape index (κ2) is 12.8. The lowest BCUT2D eigenvalue weighted by molar-refractivity contribution is -0.121. The minimum Gasteiger partial charge on any atom is -0.493 e. The number of nitrogens with one attached hydrogen (secondary N) is 2. The highest BCUT2D eigenvalue weighted by Crippen LogP contribution is 2.31. The lowest BCUT2D eigenvalue weighted by atomic mass is 10.0. The van der Waals surface area contributed by atoms with E-state index >= 15 is 0 Å². The number of allylic oxidation sites excluding steroid dienone is 1. The van der Waals surface area contributed by atoms with Gasteiger partial charge >= 0.3 is 0 Å². The van der Waals surface area contributed by atoms with Gasteiger partial charge in [0.05, 0.1) is 11.5 Å². The predicted octanol–water partition coefficient (Wildman–Crippen LogP) is 5.58. The number of aldehydes is 1. The van der Waals surface area contributed by atoms with E-state index in [0.29, 0.717) is 48.0 Å². The van der Waals surface area contributed by atoms with E-state index in [4.69, 9.17) is 16.3 Å². The Labute approximate surface area is 207 Å². The van der Waals surface area contributed by atoms with Crippen molar-refractivity contribution in [2.75, 3.05) is 13.7 Å². The lowest BCUT2D eigenvalue weighted by Gasteiger charge is -2.12. The molecule has 34 heavy (non-hydrogen) atoms. The molecule has 2 amide bonds. The predicted molar refractivity (Wildman–Crippen MR) is 138 cm³/mol. The van der Waals surface area contributed by atoms with Crippen molar-refractivity contribution in [3.63, 3.8) is 0 Å². The highest BCUT2D eigenvalue weighted by Gasteiger charge is 2.09. The Kier molecular flexibility index (Phi) is 9.55. The molecular weight excluding hydrogens is 472 g/mol. The number of carbonyl (C=O) groups excluding carboxylic acids is 3. The van der Waals surface area contributed by atoms with Gasteiger partial charge < -0.3 is 15.4 Å². The van der Waals surface area contributed by atoms with Gasteiger partial charge in [-0.25, -0.2) is 0 Å². The minimum absolute atomic E-state index is 0.0427. The first-order valence-corrected chi connectivity index (χ1v) is 11.9. The van der Waals surface area contributed by atoms with Crippen LogP contribution in [0.25, 0.3) is 16.8 Å². The maximum absolute atomic E-state index is 12.1. The summed E-state index contributed by atoms with van der Waals surface area (Å²) < 4.78 is 5.96. The topological polar surface area (TPSA) is 84.5 Å². The number of hydrogen-bond donors (Lipinski definition) is 2. The average molecular weight is 497 g/mol.